The highest BCUT2D eigenvalue weighted by Gasteiger charge is 2.37. The molecule has 0 unspecified atom stereocenters. The number of ether oxygens (including phenoxy) is 3. The molecule has 1 aliphatic heterocycles. The molecule has 230 valence electrons. The highest BCUT2D eigenvalue weighted by atomic mass is 35.5. The second-order valence-corrected chi connectivity index (χ2v) is 12.3. The lowest BCUT2D eigenvalue weighted by Gasteiger charge is -2.40. The number of piperidine rings is 1. The van der Waals surface area contributed by atoms with E-state index in [1.807, 2.05) is 41.3 Å². The zero-order chi connectivity index (χ0) is 29.5. The summed E-state index contributed by atoms with van der Waals surface area (Å²) >= 11 is 1.29. The molecule has 43 heavy (non-hydrogen) atoms. The number of carbonyl (C=O) groups is 3. The molecule has 1 saturated heterocycles. The number of hydrogen-bond acceptors (Lipinski definition) is 8. The van der Waals surface area contributed by atoms with Crippen LogP contribution in [0.25, 0.3) is 10.4 Å². The highest BCUT2D eigenvalue weighted by molar-refractivity contribution is 7.18. The lowest BCUT2D eigenvalue weighted by Crippen LogP contribution is -2.49. The van der Waals surface area contributed by atoms with Gasteiger partial charge < -0.3 is 24.0 Å². The van der Waals surface area contributed by atoms with E-state index >= 15 is 0 Å². The van der Waals surface area contributed by atoms with Crippen LogP contribution < -0.4 is 9.64 Å². The van der Waals surface area contributed by atoms with Crippen molar-refractivity contribution in [3.63, 3.8) is 0 Å². The van der Waals surface area contributed by atoms with Crippen LogP contribution in [0.4, 0.5) is 10.5 Å². The van der Waals surface area contributed by atoms with Gasteiger partial charge in [0.15, 0.2) is 0 Å². The summed E-state index contributed by atoms with van der Waals surface area (Å²) in [7, 11) is 2.09. The predicted octanol–water partition coefficient (Wildman–Crippen LogP) is 7.42. The summed E-state index contributed by atoms with van der Waals surface area (Å²) in [5.74, 6) is 0.321. The summed E-state index contributed by atoms with van der Waals surface area (Å²) in [6.45, 7) is 3.39. The van der Waals surface area contributed by atoms with Crippen LogP contribution in [0, 0.1) is 11.8 Å². The van der Waals surface area contributed by atoms with Crippen molar-refractivity contribution in [3.8, 4) is 16.2 Å². The van der Waals surface area contributed by atoms with E-state index in [4.69, 9.17) is 14.2 Å². The van der Waals surface area contributed by atoms with E-state index in [9.17, 15) is 14.4 Å². The molecule has 5 rings (SSSR count). The molecule has 2 fully saturated rings. The van der Waals surface area contributed by atoms with Gasteiger partial charge in [0, 0.05) is 16.8 Å². The standard InChI is InChI=1S/C33H38N2O6S.ClH/c1-23-13-15-25(16-14-23)31(36)35(26-17-19-34(2)20-18-26)28-21-29(24-9-5-3-6-10-24)42-30(28)32(37)39-22-40-33(38)41-27-11-7-4-8-12-27;/h3-12,21,23,25-26H,13-20,22H2,1-2H3;1H. The Balaban J connectivity index is 0.00000423. The smallest absolute Gasteiger partial charge is 0.423 e. The normalized spacial score (nSPS) is 19.1. The number of likely N-dealkylation sites (tertiary alicyclic amines) is 1. The van der Waals surface area contributed by atoms with Gasteiger partial charge in [-0.3, -0.25) is 4.79 Å². The molecular formula is C33H39ClN2O6S. The van der Waals surface area contributed by atoms with E-state index in [-0.39, 0.29) is 30.3 Å². The number of hydrogen-bond donors (Lipinski definition) is 0. The molecule has 0 spiro atoms. The highest BCUT2D eigenvalue weighted by Crippen LogP contribution is 2.41. The summed E-state index contributed by atoms with van der Waals surface area (Å²) in [4.78, 5) is 45.3. The van der Waals surface area contributed by atoms with Crippen molar-refractivity contribution in [2.45, 2.75) is 51.5 Å². The van der Waals surface area contributed by atoms with E-state index in [2.05, 4.69) is 18.9 Å². The second kappa shape index (κ2) is 15.4. The van der Waals surface area contributed by atoms with Crippen LogP contribution in [-0.2, 0) is 14.3 Å². The zero-order valence-electron chi connectivity index (χ0n) is 24.6. The third-order valence-electron chi connectivity index (χ3n) is 8.18. The maximum Gasteiger partial charge on any atom is 0.516 e. The molecule has 0 bridgehead atoms. The number of amides is 1. The van der Waals surface area contributed by atoms with Crippen LogP contribution in [0.2, 0.25) is 0 Å². The lowest BCUT2D eigenvalue weighted by atomic mass is 9.82. The van der Waals surface area contributed by atoms with Gasteiger partial charge in [-0.25, -0.2) is 9.59 Å². The van der Waals surface area contributed by atoms with Crippen LogP contribution in [0.1, 0.15) is 55.1 Å². The average molecular weight is 627 g/mol. The first kappa shape index (κ1) is 32.5. The Morgan fingerprint density at radius 1 is 0.884 bits per heavy atom. The van der Waals surface area contributed by atoms with Crippen LogP contribution in [0.3, 0.4) is 0 Å². The fourth-order valence-electron chi connectivity index (χ4n) is 5.71. The minimum atomic E-state index is -0.972. The van der Waals surface area contributed by atoms with Gasteiger partial charge in [-0.15, -0.1) is 23.7 Å². The van der Waals surface area contributed by atoms with E-state index in [1.165, 1.54) is 11.3 Å². The number of para-hydroxylation sites is 1. The molecule has 8 nitrogen and oxygen atoms in total. The number of anilines is 1. The first-order valence-electron chi connectivity index (χ1n) is 14.7. The Bertz CT molecular complexity index is 1350. The van der Waals surface area contributed by atoms with Gasteiger partial charge in [-0.2, -0.15) is 0 Å². The summed E-state index contributed by atoms with van der Waals surface area (Å²) in [5, 5.41) is 0. The number of nitrogens with zero attached hydrogens (tertiary/aromatic N) is 2. The van der Waals surface area contributed by atoms with Gasteiger partial charge in [0.05, 0.1) is 5.69 Å². The molecule has 1 aromatic heterocycles. The molecule has 1 saturated carbocycles. The van der Waals surface area contributed by atoms with Crippen molar-refractivity contribution >= 4 is 47.5 Å². The van der Waals surface area contributed by atoms with Crippen molar-refractivity contribution in [3.05, 3.63) is 71.6 Å². The van der Waals surface area contributed by atoms with Gasteiger partial charge in [-0.1, -0.05) is 55.5 Å². The molecule has 2 heterocycles. The number of esters is 1. The SMILES string of the molecule is CC1CCC(C(=O)N(c2cc(-c3ccccc3)sc2C(=O)OCOC(=O)Oc2ccccc2)C2CCN(C)CC2)CC1.Cl. The molecule has 1 amide bonds. The van der Waals surface area contributed by atoms with Gasteiger partial charge in [-0.05, 0) is 88.3 Å². The van der Waals surface area contributed by atoms with Crippen molar-refractivity contribution < 1.29 is 28.6 Å². The fraction of sp³-hybridized carbons (Fsp3) is 0.424. The van der Waals surface area contributed by atoms with Crippen molar-refractivity contribution in [1.29, 1.82) is 0 Å². The number of halogens is 1. The Labute approximate surface area is 263 Å². The Morgan fingerprint density at radius 2 is 1.51 bits per heavy atom. The maximum atomic E-state index is 14.3. The quantitative estimate of drug-likeness (QED) is 0.146. The largest absolute Gasteiger partial charge is 0.516 e. The minimum Gasteiger partial charge on any atom is -0.423 e. The van der Waals surface area contributed by atoms with Crippen molar-refractivity contribution in [2.75, 3.05) is 31.8 Å². The second-order valence-electron chi connectivity index (χ2n) is 11.2. The topological polar surface area (TPSA) is 85.4 Å². The van der Waals surface area contributed by atoms with Gasteiger partial charge in [0.1, 0.15) is 10.6 Å². The Kier molecular flexibility index (Phi) is 11.6. The molecule has 2 aliphatic rings. The average Bonchev–Trinajstić information content (AvgIpc) is 3.44. The summed E-state index contributed by atoms with van der Waals surface area (Å²) in [6, 6.07) is 20.2. The molecule has 2 aromatic carbocycles. The number of thiophene rings is 1. The van der Waals surface area contributed by atoms with Crippen LogP contribution in [-0.4, -0.2) is 55.9 Å². The molecule has 0 N–H and O–H groups in total. The monoisotopic (exact) mass is 626 g/mol. The van der Waals surface area contributed by atoms with E-state index in [0.29, 0.717) is 22.2 Å². The summed E-state index contributed by atoms with van der Waals surface area (Å²) in [6.07, 6.45) is 4.45. The molecule has 10 heteroatoms. The number of carbonyl (C=O) groups excluding carboxylic acids is 3. The zero-order valence-corrected chi connectivity index (χ0v) is 26.2. The molecule has 3 aromatic rings. The Morgan fingerprint density at radius 3 is 2.16 bits per heavy atom. The Hall–Kier alpha value is -3.40. The minimum absolute atomic E-state index is 0. The first-order valence-corrected chi connectivity index (χ1v) is 15.5. The van der Waals surface area contributed by atoms with E-state index in [1.54, 1.807) is 30.3 Å². The van der Waals surface area contributed by atoms with Gasteiger partial charge in [0.2, 0.25) is 12.7 Å². The van der Waals surface area contributed by atoms with Crippen LogP contribution in [0.5, 0.6) is 5.75 Å². The van der Waals surface area contributed by atoms with E-state index < -0.39 is 18.9 Å². The lowest BCUT2D eigenvalue weighted by molar-refractivity contribution is -0.124. The van der Waals surface area contributed by atoms with Gasteiger partial charge >= 0.3 is 12.1 Å². The maximum absolute atomic E-state index is 14.3. The molecule has 1 aliphatic carbocycles. The van der Waals surface area contributed by atoms with Crippen molar-refractivity contribution in [1.82, 2.24) is 4.90 Å². The first-order chi connectivity index (χ1) is 20.4. The molecular weight excluding hydrogens is 588 g/mol. The number of benzene rings is 2. The van der Waals surface area contributed by atoms with Crippen LogP contribution in [0.15, 0.2) is 66.7 Å². The van der Waals surface area contributed by atoms with Crippen LogP contribution >= 0.6 is 23.7 Å². The molecule has 0 radical (unpaired) electrons. The third-order valence-corrected chi connectivity index (χ3v) is 9.34. The molecule has 0 atom stereocenters. The van der Waals surface area contributed by atoms with E-state index in [0.717, 1.165) is 62.1 Å². The third kappa shape index (κ3) is 8.37. The summed E-state index contributed by atoms with van der Waals surface area (Å²) in [5.41, 5.74) is 1.53. The predicted molar refractivity (Wildman–Crippen MR) is 170 cm³/mol. The van der Waals surface area contributed by atoms with Crippen molar-refractivity contribution in [2.24, 2.45) is 11.8 Å². The fourth-order valence-corrected chi connectivity index (χ4v) is 6.76. The summed E-state index contributed by atoms with van der Waals surface area (Å²) < 4.78 is 15.6. The van der Waals surface area contributed by atoms with Gasteiger partial charge in [0.25, 0.3) is 0 Å². The number of rotatable bonds is 8.